The highest BCUT2D eigenvalue weighted by Gasteiger charge is 2.30. The predicted molar refractivity (Wildman–Crippen MR) is 113 cm³/mol. The van der Waals surface area contributed by atoms with Crippen LogP contribution < -0.4 is 15.4 Å². The van der Waals surface area contributed by atoms with Crippen LogP contribution in [0.3, 0.4) is 0 Å². The number of tetrazole rings is 1. The van der Waals surface area contributed by atoms with Gasteiger partial charge in [-0.05, 0) is 53.7 Å². The van der Waals surface area contributed by atoms with Crippen molar-refractivity contribution < 1.29 is 22.7 Å². The smallest absolute Gasteiger partial charge is 0.416 e. The number of carbonyl (C=O) groups is 1. The summed E-state index contributed by atoms with van der Waals surface area (Å²) in [5, 5.41) is 16.7. The van der Waals surface area contributed by atoms with Crippen LogP contribution in [0.4, 0.5) is 29.3 Å². The lowest BCUT2D eigenvalue weighted by atomic mass is 10.2. The number of nitrogens with one attached hydrogen (secondary N) is 2. The highest BCUT2D eigenvalue weighted by Crippen LogP contribution is 2.31. The second-order valence-electron chi connectivity index (χ2n) is 6.76. The van der Waals surface area contributed by atoms with Crippen molar-refractivity contribution in [2.75, 3.05) is 10.6 Å². The summed E-state index contributed by atoms with van der Waals surface area (Å²) in [5.41, 5.74) is 0.0840. The normalized spacial score (nSPS) is 11.2. The summed E-state index contributed by atoms with van der Waals surface area (Å²) in [6, 6.07) is 13.4. The minimum atomic E-state index is -4.50. The Balaban J connectivity index is 1.37. The number of alkyl halides is 3. The molecular formula is C21H16F3N7O2. The molecule has 2 N–H and O–H groups in total. The van der Waals surface area contributed by atoms with Gasteiger partial charge in [0, 0.05) is 23.6 Å². The van der Waals surface area contributed by atoms with Crippen molar-refractivity contribution in [2.24, 2.45) is 7.05 Å². The zero-order chi connectivity index (χ0) is 23.4. The van der Waals surface area contributed by atoms with Crippen molar-refractivity contribution in [3.05, 3.63) is 72.4 Å². The van der Waals surface area contributed by atoms with E-state index in [1.165, 1.54) is 16.9 Å². The van der Waals surface area contributed by atoms with Crippen molar-refractivity contribution in [1.29, 1.82) is 0 Å². The van der Waals surface area contributed by atoms with E-state index >= 15 is 0 Å². The summed E-state index contributed by atoms with van der Waals surface area (Å²) < 4.78 is 44.2. The Hall–Kier alpha value is -4.48. The van der Waals surface area contributed by atoms with Gasteiger partial charge >= 0.3 is 12.2 Å². The molecule has 0 atom stereocenters. The summed E-state index contributed by atoms with van der Waals surface area (Å²) in [4.78, 5) is 17.6. The van der Waals surface area contributed by atoms with Gasteiger partial charge in [-0.15, -0.1) is 10.2 Å². The van der Waals surface area contributed by atoms with Crippen molar-refractivity contribution >= 4 is 17.4 Å². The number of halogens is 3. The quantitative estimate of drug-likeness (QED) is 0.451. The van der Waals surface area contributed by atoms with Crippen LogP contribution in [0.5, 0.6) is 11.5 Å². The van der Waals surface area contributed by atoms with Crippen LogP contribution in [0.15, 0.2) is 66.9 Å². The summed E-state index contributed by atoms with van der Waals surface area (Å²) >= 11 is 0. The van der Waals surface area contributed by atoms with Gasteiger partial charge in [-0.3, -0.25) is 4.98 Å². The number of aryl methyl sites for hydroxylation is 1. The zero-order valence-corrected chi connectivity index (χ0v) is 17.0. The molecule has 4 rings (SSSR count). The molecule has 4 aromatic rings. The van der Waals surface area contributed by atoms with Crippen LogP contribution in [0, 0.1) is 0 Å². The van der Waals surface area contributed by atoms with Gasteiger partial charge in [-0.2, -0.15) is 18.0 Å². The molecule has 0 aliphatic carbocycles. The average molecular weight is 455 g/mol. The first-order chi connectivity index (χ1) is 15.8. The maximum Gasteiger partial charge on any atom is 0.416 e. The molecule has 9 nitrogen and oxygen atoms in total. The molecule has 33 heavy (non-hydrogen) atoms. The Morgan fingerprint density at radius 1 is 0.970 bits per heavy atom. The molecule has 12 heteroatoms. The van der Waals surface area contributed by atoms with E-state index in [1.54, 1.807) is 49.6 Å². The molecule has 0 unspecified atom stereocenters. The van der Waals surface area contributed by atoms with Crippen LogP contribution in [0.1, 0.15) is 5.56 Å². The van der Waals surface area contributed by atoms with Crippen LogP contribution in [0.25, 0.3) is 11.5 Å². The van der Waals surface area contributed by atoms with Crippen LogP contribution in [0.2, 0.25) is 0 Å². The monoisotopic (exact) mass is 455 g/mol. The number of rotatable bonds is 5. The molecule has 0 bridgehead atoms. The van der Waals surface area contributed by atoms with Crippen molar-refractivity contribution in [3.8, 4) is 23.0 Å². The van der Waals surface area contributed by atoms with E-state index < -0.39 is 17.8 Å². The van der Waals surface area contributed by atoms with Gasteiger partial charge in [0.05, 0.1) is 12.6 Å². The van der Waals surface area contributed by atoms with E-state index in [9.17, 15) is 18.0 Å². The third kappa shape index (κ3) is 5.61. The molecule has 2 amide bonds. The maximum absolute atomic E-state index is 12.8. The fraction of sp³-hybridized carbons (Fsp3) is 0.0952. The van der Waals surface area contributed by atoms with Gasteiger partial charge in [0.25, 0.3) is 0 Å². The number of benzene rings is 2. The topological polar surface area (TPSA) is 107 Å². The molecule has 0 radical (unpaired) electrons. The molecule has 0 saturated heterocycles. The van der Waals surface area contributed by atoms with Crippen molar-refractivity contribution in [3.63, 3.8) is 0 Å². The van der Waals surface area contributed by atoms with Crippen LogP contribution >= 0.6 is 0 Å². The lowest BCUT2D eigenvalue weighted by Gasteiger charge is -2.11. The van der Waals surface area contributed by atoms with Crippen LogP contribution in [-0.4, -0.2) is 31.2 Å². The number of pyridine rings is 1. The number of nitrogens with zero attached hydrogens (tertiary/aromatic N) is 5. The molecule has 0 saturated carbocycles. The number of amides is 2. The highest BCUT2D eigenvalue weighted by molar-refractivity contribution is 5.99. The number of carbonyl (C=O) groups excluding carboxylic acids is 1. The Morgan fingerprint density at radius 2 is 1.73 bits per heavy atom. The van der Waals surface area contributed by atoms with Crippen LogP contribution in [-0.2, 0) is 13.2 Å². The van der Waals surface area contributed by atoms with Gasteiger partial charge in [-0.25, -0.2) is 4.79 Å². The number of aromatic nitrogens is 5. The fourth-order valence-corrected chi connectivity index (χ4v) is 2.79. The number of ether oxygens (including phenoxy) is 1. The Morgan fingerprint density at radius 3 is 2.42 bits per heavy atom. The minimum Gasteiger partial charge on any atom is -0.457 e. The average Bonchev–Trinajstić information content (AvgIpc) is 3.21. The Labute approximate surface area is 185 Å². The molecule has 2 aromatic carbocycles. The van der Waals surface area contributed by atoms with E-state index in [-0.39, 0.29) is 5.69 Å². The molecule has 0 spiro atoms. The zero-order valence-electron chi connectivity index (χ0n) is 17.0. The van der Waals surface area contributed by atoms with E-state index in [1.807, 2.05) is 0 Å². The third-order valence-corrected chi connectivity index (χ3v) is 4.26. The number of urea groups is 1. The standard InChI is InChI=1S/C21H16F3N7O2/c1-31-29-19(28-30-31)18-12-17(9-10-25-18)33-16-7-5-14(6-8-16)26-20(32)27-15-4-2-3-13(11-15)21(22,23)24/h2-12H,1H3,(H2,26,27,32). The van der Waals surface area contributed by atoms with Crippen molar-refractivity contribution in [1.82, 2.24) is 25.2 Å². The number of anilines is 2. The van der Waals surface area contributed by atoms with E-state index in [2.05, 4.69) is 31.0 Å². The van der Waals surface area contributed by atoms with E-state index in [0.29, 0.717) is 28.7 Å². The summed E-state index contributed by atoms with van der Waals surface area (Å²) in [6.07, 6.45) is -2.94. The summed E-state index contributed by atoms with van der Waals surface area (Å²) in [5.74, 6) is 1.34. The second-order valence-corrected chi connectivity index (χ2v) is 6.76. The number of hydrogen-bond donors (Lipinski definition) is 2. The predicted octanol–water partition coefficient (Wildman–Crippen LogP) is 4.73. The second kappa shape index (κ2) is 8.94. The Kier molecular flexibility index (Phi) is 5.89. The van der Waals surface area contributed by atoms with Gasteiger partial charge in [0.1, 0.15) is 17.2 Å². The molecule has 0 fully saturated rings. The van der Waals surface area contributed by atoms with Gasteiger partial charge in [0.2, 0.25) is 5.82 Å². The van der Waals surface area contributed by atoms with Crippen molar-refractivity contribution in [2.45, 2.75) is 6.18 Å². The molecule has 168 valence electrons. The first kappa shape index (κ1) is 21.7. The first-order valence-electron chi connectivity index (χ1n) is 9.50. The van der Waals surface area contributed by atoms with E-state index in [0.717, 1.165) is 12.1 Å². The maximum atomic E-state index is 12.8. The van der Waals surface area contributed by atoms with E-state index in [4.69, 9.17) is 4.74 Å². The first-order valence-corrected chi connectivity index (χ1v) is 9.50. The SMILES string of the molecule is Cn1nnc(-c2cc(Oc3ccc(NC(=O)Nc4cccc(C(F)(F)F)c4)cc3)ccn2)n1. The summed E-state index contributed by atoms with van der Waals surface area (Å²) in [6.45, 7) is 0. The fourth-order valence-electron chi connectivity index (χ4n) is 2.79. The molecule has 0 aliphatic heterocycles. The third-order valence-electron chi connectivity index (χ3n) is 4.26. The molecule has 0 aliphatic rings. The largest absolute Gasteiger partial charge is 0.457 e. The molecule has 2 aromatic heterocycles. The lowest BCUT2D eigenvalue weighted by molar-refractivity contribution is -0.137. The molecule has 2 heterocycles. The highest BCUT2D eigenvalue weighted by atomic mass is 19.4. The Bertz CT molecular complexity index is 1270. The van der Waals surface area contributed by atoms with Gasteiger partial charge in [0.15, 0.2) is 0 Å². The minimum absolute atomic E-state index is 0.0216. The summed E-state index contributed by atoms with van der Waals surface area (Å²) in [7, 11) is 1.65. The van der Waals surface area contributed by atoms with Gasteiger partial charge < -0.3 is 15.4 Å². The number of hydrogen-bond acceptors (Lipinski definition) is 6. The van der Waals surface area contributed by atoms with Gasteiger partial charge in [-0.1, -0.05) is 6.07 Å². The molecular weight excluding hydrogens is 439 g/mol. The lowest BCUT2D eigenvalue weighted by Crippen LogP contribution is -2.19.